The first-order chi connectivity index (χ1) is 5.36. The van der Waals surface area contributed by atoms with Crippen LogP contribution in [0, 0.1) is 0 Å². The Bertz CT molecular complexity index is 100. The molecule has 0 radical (unpaired) electrons. The molecule has 0 amide bonds. The number of rotatable bonds is 4. The van der Waals surface area contributed by atoms with E-state index in [9.17, 15) is 0 Å². The monoisotopic (exact) mass is 348 g/mol. The van der Waals surface area contributed by atoms with Crippen molar-refractivity contribution in [2.45, 2.75) is 39.3 Å². The average molecular weight is 345 g/mol. The second-order valence-corrected chi connectivity index (χ2v) is 16.1. The van der Waals surface area contributed by atoms with E-state index >= 15 is 0 Å². The number of hydrogen-bond donors (Lipinski definition) is 0. The number of hydrogen-bond acceptors (Lipinski definition) is 0. The minimum atomic E-state index is 1.06. The Morgan fingerprint density at radius 2 is 1.36 bits per heavy atom. The molecule has 1 aliphatic rings. The van der Waals surface area contributed by atoms with Gasteiger partial charge in [-0.05, 0) is 0 Å². The molecule has 62 valence electrons. The SMILES string of the molecule is CCCB1[Se][Se]B(CCC)[Se]1. The van der Waals surface area contributed by atoms with Crippen LogP contribution in [0.25, 0.3) is 0 Å². The van der Waals surface area contributed by atoms with Gasteiger partial charge in [-0.15, -0.1) is 0 Å². The van der Waals surface area contributed by atoms with Gasteiger partial charge in [0.15, 0.2) is 0 Å². The van der Waals surface area contributed by atoms with Gasteiger partial charge in [-0.3, -0.25) is 0 Å². The van der Waals surface area contributed by atoms with Gasteiger partial charge in [-0.1, -0.05) is 0 Å². The molecule has 1 aliphatic heterocycles. The van der Waals surface area contributed by atoms with Gasteiger partial charge in [-0.2, -0.15) is 0 Å². The summed E-state index contributed by atoms with van der Waals surface area (Å²) >= 11 is 3.26. The molecule has 0 aromatic rings. The Morgan fingerprint density at radius 3 is 1.73 bits per heavy atom. The molecule has 0 unspecified atom stereocenters. The molecule has 1 rings (SSSR count). The van der Waals surface area contributed by atoms with Crippen LogP contribution in [0.15, 0.2) is 0 Å². The van der Waals surface area contributed by atoms with Gasteiger partial charge in [-0.25, -0.2) is 0 Å². The quantitative estimate of drug-likeness (QED) is 0.663. The van der Waals surface area contributed by atoms with Crippen LogP contribution in [-0.4, -0.2) is 49.2 Å². The summed E-state index contributed by atoms with van der Waals surface area (Å²) < 4.78 is 2.49. The maximum absolute atomic E-state index is 2.34. The van der Waals surface area contributed by atoms with Crippen molar-refractivity contribution in [3.05, 3.63) is 0 Å². The molecule has 0 saturated carbocycles. The Labute approximate surface area is 88.0 Å². The second kappa shape index (κ2) is 6.19. The van der Waals surface area contributed by atoms with Crippen LogP contribution < -0.4 is 0 Å². The maximum atomic E-state index is 2.34. The summed E-state index contributed by atoms with van der Waals surface area (Å²) in [6.45, 7) is 4.68. The van der Waals surface area contributed by atoms with Crippen molar-refractivity contribution in [3.8, 4) is 0 Å². The minimum absolute atomic E-state index is 1.06. The summed E-state index contributed by atoms with van der Waals surface area (Å²) in [5.41, 5.74) is 0. The second-order valence-electron chi connectivity index (χ2n) is 2.76. The van der Waals surface area contributed by atoms with E-state index in [1.807, 2.05) is 0 Å². The Kier molecular flexibility index (Phi) is 6.06. The molecule has 5 heteroatoms. The average Bonchev–Trinajstić information content (AvgIpc) is 2.38. The zero-order valence-electron chi connectivity index (χ0n) is 7.21. The van der Waals surface area contributed by atoms with E-state index in [1.165, 1.54) is 21.5 Å². The molecule has 1 saturated heterocycles. The Morgan fingerprint density at radius 1 is 0.909 bits per heavy atom. The molecule has 0 spiro atoms. The third kappa shape index (κ3) is 3.94. The molecule has 0 nitrogen and oxygen atoms in total. The Hall–Kier alpha value is 1.69. The molecule has 1 heterocycles. The van der Waals surface area contributed by atoms with E-state index in [1.54, 1.807) is 12.6 Å². The first kappa shape index (κ1) is 10.8. The van der Waals surface area contributed by atoms with Gasteiger partial charge in [0.25, 0.3) is 0 Å². The van der Waals surface area contributed by atoms with Gasteiger partial charge in [0, 0.05) is 0 Å². The van der Waals surface area contributed by atoms with E-state index in [4.69, 9.17) is 0 Å². The molecule has 0 N–H and O–H groups in total. The summed E-state index contributed by atoms with van der Waals surface area (Å²) in [6, 6.07) is 0. The summed E-state index contributed by atoms with van der Waals surface area (Å²) in [5.74, 6) is 0. The first-order valence-electron chi connectivity index (χ1n) is 4.34. The van der Waals surface area contributed by atoms with Crippen molar-refractivity contribution in [2.75, 3.05) is 0 Å². The predicted octanol–water partition coefficient (Wildman–Crippen LogP) is 0.824. The molecular formula is C6H14B2Se3. The standard InChI is InChI=1S/C6H14B2Se3/c1-3-5-7-9-8(6-4-2)11-10-7/h3-6H2,1-2H3. The zero-order valence-corrected chi connectivity index (χ0v) is 12.3. The van der Waals surface area contributed by atoms with Crippen LogP contribution in [0.3, 0.4) is 0 Å². The molecule has 11 heavy (non-hydrogen) atoms. The molecule has 0 bridgehead atoms. The van der Waals surface area contributed by atoms with Crippen LogP contribution in [0.5, 0.6) is 0 Å². The molecular weight excluding hydrogens is 331 g/mol. The van der Waals surface area contributed by atoms with Crippen molar-refractivity contribution < 1.29 is 0 Å². The molecule has 0 atom stereocenters. The summed E-state index contributed by atoms with van der Waals surface area (Å²) in [5, 5.41) is 0. The molecule has 0 aliphatic carbocycles. The Balaban J connectivity index is 2.12. The fourth-order valence-corrected chi connectivity index (χ4v) is 26.3. The van der Waals surface area contributed by atoms with Crippen LogP contribution in [0.1, 0.15) is 26.7 Å². The normalized spacial score (nSPS) is 18.0. The van der Waals surface area contributed by atoms with Crippen LogP contribution in [0.2, 0.25) is 12.6 Å². The molecule has 0 aromatic heterocycles. The van der Waals surface area contributed by atoms with Gasteiger partial charge in [0.2, 0.25) is 0 Å². The summed E-state index contributed by atoms with van der Waals surface area (Å²) in [7, 11) is 0. The first-order valence-corrected chi connectivity index (χ1v) is 12.6. The van der Waals surface area contributed by atoms with E-state index in [-0.39, 0.29) is 0 Å². The third-order valence-electron chi connectivity index (χ3n) is 1.62. The third-order valence-corrected chi connectivity index (χ3v) is 23.2. The fraction of sp³-hybridized carbons (Fsp3) is 1.00. The van der Waals surface area contributed by atoms with Crippen molar-refractivity contribution in [3.63, 3.8) is 0 Å². The van der Waals surface area contributed by atoms with E-state index in [0.717, 1.165) is 40.5 Å². The predicted molar refractivity (Wildman–Crippen MR) is 59.0 cm³/mol. The molecule has 1 fully saturated rings. The summed E-state index contributed by atoms with van der Waals surface area (Å²) in [6.07, 6.45) is 5.98. The van der Waals surface area contributed by atoms with Crippen molar-refractivity contribution in [1.82, 2.24) is 0 Å². The molecule has 0 aromatic carbocycles. The zero-order chi connectivity index (χ0) is 8.10. The van der Waals surface area contributed by atoms with E-state index < -0.39 is 0 Å². The van der Waals surface area contributed by atoms with Crippen LogP contribution in [-0.2, 0) is 0 Å². The fourth-order valence-electron chi connectivity index (χ4n) is 1.04. The van der Waals surface area contributed by atoms with Crippen molar-refractivity contribution >= 4 is 49.2 Å². The van der Waals surface area contributed by atoms with Gasteiger partial charge in [0.05, 0.1) is 0 Å². The van der Waals surface area contributed by atoms with Crippen LogP contribution >= 0.6 is 0 Å². The summed E-state index contributed by atoms with van der Waals surface area (Å²) in [4.78, 5) is 0. The van der Waals surface area contributed by atoms with E-state index in [2.05, 4.69) is 13.8 Å². The van der Waals surface area contributed by atoms with Gasteiger partial charge < -0.3 is 0 Å². The van der Waals surface area contributed by atoms with E-state index in [0.29, 0.717) is 0 Å². The van der Waals surface area contributed by atoms with Crippen molar-refractivity contribution in [1.29, 1.82) is 0 Å². The van der Waals surface area contributed by atoms with Gasteiger partial charge in [0.1, 0.15) is 0 Å². The van der Waals surface area contributed by atoms with Gasteiger partial charge >= 0.3 is 88.5 Å². The van der Waals surface area contributed by atoms with Crippen molar-refractivity contribution in [2.24, 2.45) is 0 Å². The van der Waals surface area contributed by atoms with Crippen LogP contribution in [0.4, 0.5) is 0 Å². The topological polar surface area (TPSA) is 0 Å².